The summed E-state index contributed by atoms with van der Waals surface area (Å²) in [7, 11) is -16.2. The second-order valence-electron chi connectivity index (χ2n) is 4.94. The van der Waals surface area contributed by atoms with Crippen molar-refractivity contribution in [3.05, 3.63) is 35.4 Å². The lowest BCUT2D eigenvalue weighted by Crippen LogP contribution is -2.29. The predicted molar refractivity (Wildman–Crippen MR) is 88.8 cm³/mol. The molecule has 0 fully saturated rings. The summed E-state index contributed by atoms with van der Waals surface area (Å²) in [4.78, 5) is 57.2. The molecular weight excluding hydrogens is 419 g/mol. The Hall–Kier alpha value is -1.17. The Morgan fingerprint density at radius 1 is 1.15 bits per heavy atom. The number of aromatic amines is 1. The van der Waals surface area contributed by atoms with Crippen LogP contribution in [0.2, 0.25) is 0 Å². The van der Waals surface area contributed by atoms with Crippen molar-refractivity contribution in [1.82, 2.24) is 9.97 Å². The molecule has 150 valence electrons. The minimum atomic E-state index is -5.46. The Kier molecular flexibility index (Phi) is 8.74. The highest BCUT2D eigenvalue weighted by Gasteiger charge is 2.38. The van der Waals surface area contributed by atoms with E-state index in [9.17, 15) is 18.5 Å². The summed E-state index contributed by atoms with van der Waals surface area (Å²) >= 11 is 0. The third kappa shape index (κ3) is 13.1. The number of rotatable bonds is 7. The number of hydrogen-bond donors (Lipinski definition) is 7. The number of phosphoric acid groups is 3. The molecule has 1 rings (SSSR count). The van der Waals surface area contributed by atoms with Gasteiger partial charge in [0, 0.05) is 6.20 Å². The van der Waals surface area contributed by atoms with Gasteiger partial charge in [0.15, 0.2) is 0 Å². The summed E-state index contributed by atoms with van der Waals surface area (Å²) in [6, 6.07) is 1.70. The van der Waals surface area contributed by atoms with Crippen LogP contribution >= 0.6 is 23.5 Å². The predicted octanol–water partition coefficient (Wildman–Crippen LogP) is 0.452. The van der Waals surface area contributed by atoms with Gasteiger partial charge in [0.2, 0.25) is 0 Å². The van der Waals surface area contributed by atoms with E-state index >= 15 is 0 Å². The summed E-state index contributed by atoms with van der Waals surface area (Å²) in [6.07, 6.45) is 3.31. The van der Waals surface area contributed by atoms with E-state index < -0.39 is 23.5 Å². The van der Waals surface area contributed by atoms with Crippen molar-refractivity contribution in [2.75, 3.05) is 5.32 Å². The van der Waals surface area contributed by atoms with Crippen LogP contribution in [0, 0.1) is 0 Å². The Balaban J connectivity index is 0.000000481. The number of nitrogens with zero attached hydrogens (tertiary/aromatic N) is 1. The van der Waals surface area contributed by atoms with Crippen LogP contribution in [-0.4, -0.2) is 40.0 Å². The molecule has 0 saturated heterocycles. The molecule has 0 bridgehead atoms. The summed E-state index contributed by atoms with van der Waals surface area (Å²) in [5.74, 6) is 0.550. The van der Waals surface area contributed by atoms with Crippen LogP contribution in [0.1, 0.15) is 13.8 Å². The molecule has 17 heteroatoms. The van der Waals surface area contributed by atoms with Gasteiger partial charge in [-0.3, -0.25) is 0 Å². The third-order valence-corrected chi connectivity index (χ3v) is 5.40. The zero-order valence-electron chi connectivity index (χ0n) is 13.4. The van der Waals surface area contributed by atoms with E-state index in [0.717, 1.165) is 0 Å². The number of nitrogens with one attached hydrogen (secondary N) is 2. The second-order valence-corrected chi connectivity index (χ2v) is 9.15. The molecule has 0 amide bonds. The maximum atomic E-state index is 10.8. The van der Waals surface area contributed by atoms with E-state index in [1.165, 1.54) is 0 Å². The first-order chi connectivity index (χ1) is 11.4. The number of aromatic nitrogens is 2. The van der Waals surface area contributed by atoms with Crippen molar-refractivity contribution in [1.29, 1.82) is 0 Å². The fourth-order valence-corrected chi connectivity index (χ4v) is 3.64. The summed E-state index contributed by atoms with van der Waals surface area (Å²) in [5.41, 5.74) is -0.620. The van der Waals surface area contributed by atoms with Gasteiger partial charge in [-0.2, -0.15) is 13.6 Å². The van der Waals surface area contributed by atoms with Crippen molar-refractivity contribution in [3.63, 3.8) is 0 Å². The van der Waals surface area contributed by atoms with Crippen LogP contribution in [-0.2, 0) is 22.3 Å². The maximum absolute atomic E-state index is 10.8. The monoisotopic (exact) mass is 437 g/mol. The molecule has 0 aliphatic rings. The summed E-state index contributed by atoms with van der Waals surface area (Å²) in [5, 5.41) is 3.06. The molecule has 0 saturated carbocycles. The number of anilines is 1. The quantitative estimate of drug-likeness (QED) is 0.227. The molecule has 1 aromatic heterocycles. The van der Waals surface area contributed by atoms with Crippen LogP contribution in [0.25, 0.3) is 0 Å². The van der Waals surface area contributed by atoms with Crippen LogP contribution in [0.5, 0.6) is 0 Å². The minimum Gasteiger partial charge on any atom is -0.362 e. The minimum absolute atomic E-state index is 0.263. The summed E-state index contributed by atoms with van der Waals surface area (Å²) < 4.78 is 36.4. The first-order valence-electron chi connectivity index (χ1n) is 6.29. The molecule has 0 radical (unpaired) electrons. The number of H-pyrrole nitrogens is 1. The smallest absolute Gasteiger partial charge is 0.362 e. The first kappa shape index (κ1) is 24.8. The third-order valence-electron chi connectivity index (χ3n) is 2.05. The molecule has 0 aromatic carbocycles. The second kappa shape index (κ2) is 9.16. The molecule has 14 nitrogen and oxygen atoms in total. The van der Waals surface area contributed by atoms with Gasteiger partial charge < -0.3 is 34.8 Å². The largest absolute Gasteiger partial charge is 0.490 e. The molecule has 26 heavy (non-hydrogen) atoms. The lowest BCUT2D eigenvalue weighted by Gasteiger charge is -2.21. The fourth-order valence-electron chi connectivity index (χ4n) is 1.11. The van der Waals surface area contributed by atoms with Crippen LogP contribution in [0.4, 0.5) is 5.82 Å². The molecule has 0 aliphatic carbocycles. The van der Waals surface area contributed by atoms with E-state index in [4.69, 9.17) is 24.5 Å². The lowest BCUT2D eigenvalue weighted by atomic mass is 10.1. The maximum Gasteiger partial charge on any atom is 0.490 e. The SMILES string of the molecule is C=CC(C)(C)Nc1cc[nH]c(=O)n1.O=P(O)(O)OP(=O)(O)OP(=O)(O)O. The average Bonchev–Trinajstić information content (AvgIpc) is 2.32. The molecule has 1 heterocycles. The van der Waals surface area contributed by atoms with Gasteiger partial charge in [-0.05, 0) is 19.9 Å². The van der Waals surface area contributed by atoms with Crippen molar-refractivity contribution in [2.24, 2.45) is 0 Å². The Bertz CT molecular complexity index is 782. The van der Waals surface area contributed by atoms with E-state index in [1.54, 1.807) is 18.3 Å². The molecule has 0 atom stereocenters. The van der Waals surface area contributed by atoms with E-state index in [2.05, 4.69) is 30.5 Å². The molecule has 1 aromatic rings. The Morgan fingerprint density at radius 3 is 1.96 bits per heavy atom. The van der Waals surface area contributed by atoms with Gasteiger partial charge in [-0.25, -0.2) is 18.5 Å². The Morgan fingerprint density at radius 2 is 1.62 bits per heavy atom. The van der Waals surface area contributed by atoms with Crippen molar-refractivity contribution in [2.45, 2.75) is 19.4 Å². The van der Waals surface area contributed by atoms with Gasteiger partial charge in [0.1, 0.15) is 5.82 Å². The molecule has 0 unspecified atom stereocenters. The van der Waals surface area contributed by atoms with Crippen LogP contribution < -0.4 is 11.0 Å². The highest BCUT2D eigenvalue weighted by atomic mass is 31.3. The van der Waals surface area contributed by atoms with Gasteiger partial charge in [0.25, 0.3) is 0 Å². The summed E-state index contributed by atoms with van der Waals surface area (Å²) in [6.45, 7) is 7.57. The Labute approximate surface area is 147 Å². The fraction of sp³-hybridized carbons (Fsp3) is 0.333. The zero-order chi connectivity index (χ0) is 20.8. The molecule has 0 aliphatic heterocycles. The van der Waals surface area contributed by atoms with Gasteiger partial charge in [-0.1, -0.05) is 6.08 Å². The van der Waals surface area contributed by atoms with Crippen molar-refractivity contribution in [3.8, 4) is 0 Å². The van der Waals surface area contributed by atoms with Crippen LogP contribution in [0.3, 0.4) is 0 Å². The first-order valence-corrected chi connectivity index (χ1v) is 10.8. The lowest BCUT2D eigenvalue weighted by molar-refractivity contribution is 0.204. The molecule has 0 spiro atoms. The highest BCUT2D eigenvalue weighted by molar-refractivity contribution is 7.66. The van der Waals surface area contributed by atoms with E-state index in [-0.39, 0.29) is 11.2 Å². The van der Waals surface area contributed by atoms with Crippen LogP contribution in [0.15, 0.2) is 29.7 Å². The van der Waals surface area contributed by atoms with E-state index in [1.807, 2.05) is 13.8 Å². The normalized spacial score (nSPS) is 12.7. The average molecular weight is 437 g/mol. The highest BCUT2D eigenvalue weighted by Crippen LogP contribution is 2.64. The van der Waals surface area contributed by atoms with Gasteiger partial charge >= 0.3 is 29.2 Å². The zero-order valence-corrected chi connectivity index (χ0v) is 16.1. The number of hydrogen-bond acceptors (Lipinski definition) is 8. The van der Waals surface area contributed by atoms with Crippen molar-refractivity contribution >= 4 is 29.3 Å². The van der Waals surface area contributed by atoms with Crippen molar-refractivity contribution < 1.29 is 46.8 Å². The van der Waals surface area contributed by atoms with Gasteiger partial charge in [0.05, 0.1) is 5.54 Å². The standard InChI is InChI=1S/C9H13N3O.H5O10P3/c1-4-9(2,3)12-7-5-6-10-8(13)11-7;1-11(2,3)9-13(7,8)10-12(4,5)6/h4-6H,1H2,2-3H3,(H2,10,11,12,13);(H,7,8)(H2,1,2,3)(H2,4,5,6). The van der Waals surface area contributed by atoms with Gasteiger partial charge in [-0.15, -0.1) is 6.58 Å². The topological polar surface area (TPSA) is 229 Å². The molecule has 7 N–H and O–H groups in total. The molecular formula is C9H18N3O11P3. The van der Waals surface area contributed by atoms with E-state index in [0.29, 0.717) is 5.82 Å².